The summed E-state index contributed by atoms with van der Waals surface area (Å²) in [5, 5.41) is 8.77. The zero-order valence-electron chi connectivity index (χ0n) is 13.6. The average molecular weight is 380 g/mol. The maximum absolute atomic E-state index is 12.3. The number of rotatable bonds is 7. The molecule has 0 spiro atoms. The highest BCUT2D eigenvalue weighted by atomic mass is 32.2. The van der Waals surface area contributed by atoms with Gasteiger partial charge in [-0.2, -0.15) is 0 Å². The molecule has 2 N–H and O–H groups in total. The highest BCUT2D eigenvalue weighted by Gasteiger charge is 2.19. The molecule has 0 bridgehead atoms. The van der Waals surface area contributed by atoms with E-state index in [2.05, 4.69) is 21.8 Å². The monoisotopic (exact) mass is 380 g/mol. The van der Waals surface area contributed by atoms with Gasteiger partial charge in [0.25, 0.3) is 0 Å². The number of fused-ring (bicyclic) bond motifs is 1. The smallest absolute Gasteiger partial charge is 0.308 e. The number of thiophene rings is 1. The van der Waals surface area contributed by atoms with Gasteiger partial charge in [-0.1, -0.05) is 24.3 Å². The van der Waals surface area contributed by atoms with Gasteiger partial charge in [0.1, 0.15) is 4.21 Å². The molecule has 6 nitrogen and oxygen atoms in total. The lowest BCUT2D eigenvalue weighted by molar-refractivity contribution is -0.136. The van der Waals surface area contributed by atoms with E-state index in [1.807, 2.05) is 12.1 Å². The molecule has 1 aliphatic rings. The van der Waals surface area contributed by atoms with Gasteiger partial charge in [0.15, 0.2) is 0 Å². The maximum atomic E-state index is 12.3. The van der Waals surface area contributed by atoms with Gasteiger partial charge in [-0.25, -0.2) is 13.1 Å². The molecule has 25 heavy (non-hydrogen) atoms. The SMILES string of the molecule is O=C(O)Cc1ccc(S(=O)(=O)NCCN2CCc3ccccc3C2)s1. The standard InChI is InChI=1S/C17H20N2O4S2/c20-16(21)11-15-5-6-17(24-15)25(22,23)18-8-10-19-9-7-13-3-1-2-4-14(13)12-19/h1-6,18H,7-12H2,(H,20,21). The summed E-state index contributed by atoms with van der Waals surface area (Å²) < 4.78 is 27.4. The first kappa shape index (κ1) is 18.1. The number of hydrogen-bond acceptors (Lipinski definition) is 5. The zero-order chi connectivity index (χ0) is 17.9. The molecule has 0 saturated carbocycles. The predicted molar refractivity (Wildman–Crippen MR) is 96.3 cm³/mol. The molecular weight excluding hydrogens is 360 g/mol. The first-order valence-corrected chi connectivity index (χ1v) is 10.3. The van der Waals surface area contributed by atoms with Crippen molar-refractivity contribution in [1.29, 1.82) is 0 Å². The Labute approximate surface area is 151 Å². The average Bonchev–Trinajstić information content (AvgIpc) is 3.03. The molecule has 8 heteroatoms. The molecule has 0 amide bonds. The van der Waals surface area contributed by atoms with Crippen LogP contribution in [0.5, 0.6) is 0 Å². The van der Waals surface area contributed by atoms with Gasteiger partial charge in [0.05, 0.1) is 6.42 Å². The summed E-state index contributed by atoms with van der Waals surface area (Å²) in [4.78, 5) is 13.5. The molecule has 0 radical (unpaired) electrons. The zero-order valence-corrected chi connectivity index (χ0v) is 15.3. The fraction of sp³-hybridized carbons (Fsp3) is 0.353. The summed E-state index contributed by atoms with van der Waals surface area (Å²) in [7, 11) is -3.59. The van der Waals surface area contributed by atoms with Crippen molar-refractivity contribution in [3.05, 3.63) is 52.4 Å². The van der Waals surface area contributed by atoms with Crippen LogP contribution in [0.4, 0.5) is 0 Å². The molecular formula is C17H20N2O4S2. The van der Waals surface area contributed by atoms with Crippen LogP contribution in [0.2, 0.25) is 0 Å². The van der Waals surface area contributed by atoms with Crippen molar-refractivity contribution in [2.75, 3.05) is 19.6 Å². The highest BCUT2D eigenvalue weighted by Crippen LogP contribution is 2.22. The maximum Gasteiger partial charge on any atom is 0.308 e. The van der Waals surface area contributed by atoms with E-state index in [0.29, 0.717) is 18.0 Å². The summed E-state index contributed by atoms with van der Waals surface area (Å²) in [6.07, 6.45) is 0.819. The summed E-state index contributed by atoms with van der Waals surface area (Å²) in [5.41, 5.74) is 2.66. The van der Waals surface area contributed by atoms with Gasteiger partial charge in [-0.05, 0) is 29.7 Å². The van der Waals surface area contributed by atoms with Crippen molar-refractivity contribution in [3.63, 3.8) is 0 Å². The second-order valence-electron chi connectivity index (χ2n) is 5.98. The van der Waals surface area contributed by atoms with Crippen molar-refractivity contribution in [1.82, 2.24) is 9.62 Å². The molecule has 0 atom stereocenters. The van der Waals surface area contributed by atoms with E-state index in [4.69, 9.17) is 5.11 Å². The molecule has 1 aliphatic heterocycles. The number of sulfonamides is 1. The number of carboxylic acid groups (broad SMARTS) is 1. The minimum absolute atomic E-state index is 0.159. The Morgan fingerprint density at radius 3 is 2.72 bits per heavy atom. The summed E-state index contributed by atoms with van der Waals surface area (Å²) >= 11 is 1.000. The van der Waals surface area contributed by atoms with E-state index in [-0.39, 0.29) is 10.6 Å². The number of carboxylic acids is 1. The van der Waals surface area contributed by atoms with Crippen LogP contribution >= 0.6 is 11.3 Å². The van der Waals surface area contributed by atoms with Crippen LogP contribution in [0.3, 0.4) is 0 Å². The van der Waals surface area contributed by atoms with Crippen molar-refractivity contribution >= 4 is 27.3 Å². The van der Waals surface area contributed by atoms with Crippen LogP contribution in [0.25, 0.3) is 0 Å². The lowest BCUT2D eigenvalue weighted by atomic mass is 10.0. The number of aliphatic carboxylic acids is 1. The van der Waals surface area contributed by atoms with Crippen LogP contribution in [0.15, 0.2) is 40.6 Å². The highest BCUT2D eigenvalue weighted by molar-refractivity contribution is 7.91. The molecule has 0 aliphatic carbocycles. The topological polar surface area (TPSA) is 86.7 Å². The van der Waals surface area contributed by atoms with E-state index in [1.165, 1.54) is 17.2 Å². The van der Waals surface area contributed by atoms with Gasteiger partial charge in [-0.15, -0.1) is 11.3 Å². The third kappa shape index (κ3) is 4.66. The third-order valence-corrected chi connectivity index (χ3v) is 7.20. The molecule has 2 aromatic rings. The minimum Gasteiger partial charge on any atom is -0.481 e. The summed E-state index contributed by atoms with van der Waals surface area (Å²) in [6.45, 7) is 2.72. The Bertz CT molecular complexity index is 861. The molecule has 0 unspecified atom stereocenters. The van der Waals surface area contributed by atoms with Crippen molar-refractivity contribution in [2.45, 2.75) is 23.6 Å². The molecule has 0 saturated heterocycles. The Morgan fingerprint density at radius 1 is 1.20 bits per heavy atom. The lowest BCUT2D eigenvalue weighted by Gasteiger charge is -2.28. The molecule has 134 valence electrons. The first-order chi connectivity index (χ1) is 11.9. The van der Waals surface area contributed by atoms with Crippen molar-refractivity contribution in [3.8, 4) is 0 Å². The second-order valence-corrected chi connectivity index (χ2v) is 9.15. The number of carbonyl (C=O) groups is 1. The van der Waals surface area contributed by atoms with Gasteiger partial charge in [0.2, 0.25) is 10.0 Å². The lowest BCUT2D eigenvalue weighted by Crippen LogP contribution is -2.37. The third-order valence-electron chi connectivity index (χ3n) is 4.16. The number of nitrogens with one attached hydrogen (secondary N) is 1. The second kappa shape index (κ2) is 7.65. The van der Waals surface area contributed by atoms with E-state index < -0.39 is 16.0 Å². The van der Waals surface area contributed by atoms with E-state index in [1.54, 1.807) is 6.07 Å². The molecule has 3 rings (SSSR count). The Hall–Kier alpha value is -1.74. The molecule has 2 heterocycles. The van der Waals surface area contributed by atoms with Gasteiger partial charge in [-0.3, -0.25) is 9.69 Å². The quantitative estimate of drug-likeness (QED) is 0.764. The summed E-state index contributed by atoms with van der Waals surface area (Å²) in [5.74, 6) is -0.968. The van der Waals surface area contributed by atoms with Gasteiger partial charge < -0.3 is 5.11 Å². The summed E-state index contributed by atoms with van der Waals surface area (Å²) in [6, 6.07) is 11.3. The van der Waals surface area contributed by atoms with Crippen molar-refractivity contribution in [2.24, 2.45) is 0 Å². The molecule has 1 aromatic carbocycles. The van der Waals surface area contributed by atoms with Crippen molar-refractivity contribution < 1.29 is 18.3 Å². The Balaban J connectivity index is 1.53. The van der Waals surface area contributed by atoms with Gasteiger partial charge >= 0.3 is 5.97 Å². The van der Waals surface area contributed by atoms with E-state index in [9.17, 15) is 13.2 Å². The van der Waals surface area contributed by atoms with Crippen LogP contribution in [-0.4, -0.2) is 44.0 Å². The van der Waals surface area contributed by atoms with Crippen LogP contribution in [0.1, 0.15) is 16.0 Å². The van der Waals surface area contributed by atoms with Crippen LogP contribution in [-0.2, 0) is 34.2 Å². The fourth-order valence-electron chi connectivity index (χ4n) is 2.90. The predicted octanol–water partition coefficient (Wildman–Crippen LogP) is 1.71. The largest absolute Gasteiger partial charge is 0.481 e. The normalized spacial score (nSPS) is 15.0. The fourth-order valence-corrected chi connectivity index (χ4v) is 5.31. The number of nitrogens with zero attached hydrogens (tertiary/aromatic N) is 1. The molecule has 1 aromatic heterocycles. The van der Waals surface area contributed by atoms with E-state index >= 15 is 0 Å². The Kier molecular flexibility index (Phi) is 5.53. The number of benzene rings is 1. The first-order valence-electron chi connectivity index (χ1n) is 8.03. The Morgan fingerprint density at radius 2 is 1.96 bits per heavy atom. The minimum atomic E-state index is -3.59. The molecule has 0 fully saturated rings. The van der Waals surface area contributed by atoms with E-state index in [0.717, 1.165) is 30.8 Å². The van der Waals surface area contributed by atoms with Crippen LogP contribution < -0.4 is 4.72 Å². The number of hydrogen-bond donors (Lipinski definition) is 2. The van der Waals surface area contributed by atoms with Crippen LogP contribution in [0, 0.1) is 0 Å². The van der Waals surface area contributed by atoms with Gasteiger partial charge in [0, 0.05) is 31.1 Å².